The molecule has 2 aliphatic heterocycles. The van der Waals surface area contributed by atoms with E-state index in [-0.39, 0.29) is 29.8 Å². The van der Waals surface area contributed by atoms with Gasteiger partial charge in [-0.1, -0.05) is 18.2 Å². The third kappa shape index (κ3) is 7.07. The number of H-pyrrole nitrogens is 1. The van der Waals surface area contributed by atoms with E-state index in [1.807, 2.05) is 69.4 Å². The number of ether oxygens (including phenoxy) is 2. The fourth-order valence-corrected chi connectivity index (χ4v) is 6.23. The number of aryl methyl sites for hydroxylation is 1. The minimum Gasteiger partial charge on any atom is -0.464 e. The Morgan fingerprint density at radius 2 is 1.73 bits per heavy atom. The van der Waals surface area contributed by atoms with Crippen molar-refractivity contribution in [1.29, 1.82) is 0 Å². The predicted molar refractivity (Wildman–Crippen MR) is 181 cm³/mol. The number of hydrogen-bond donors (Lipinski definition) is 1. The maximum Gasteiger partial charge on any atom is 0.410 e. The molecule has 6 rings (SSSR count). The average molecular weight is 657 g/mol. The first-order valence-electron chi connectivity index (χ1n) is 16.2. The largest absolute Gasteiger partial charge is 0.464 e. The molecule has 2 aromatic heterocycles. The van der Waals surface area contributed by atoms with Crippen LogP contribution in [0.25, 0.3) is 27.6 Å². The zero-order chi connectivity index (χ0) is 34.0. The van der Waals surface area contributed by atoms with Gasteiger partial charge in [0, 0.05) is 81.3 Å². The molecule has 1 N–H and O–H groups in total. The Morgan fingerprint density at radius 1 is 0.979 bits per heavy atom. The van der Waals surface area contributed by atoms with Crippen LogP contribution >= 0.6 is 0 Å². The number of carbonyl (C=O) groups excluding carboxylic acids is 3. The number of carbonyl (C=O) groups is 3. The SMILES string of the molecule is COC(=O)c1cc2c(-c3ccc(N4CCN(C(=O)OC(C)(C)C)CC4)cc3)cc(C3=CCCN(C(=O)CCn4cccn4)C3)c(F)c2[nH]1. The number of methoxy groups -OCH3 is 1. The molecular weight excluding hydrogens is 615 g/mol. The van der Waals surface area contributed by atoms with E-state index in [9.17, 15) is 14.4 Å². The number of aromatic amines is 1. The van der Waals surface area contributed by atoms with Gasteiger partial charge in [-0.2, -0.15) is 5.10 Å². The number of anilines is 1. The lowest BCUT2D eigenvalue weighted by atomic mass is 9.93. The van der Waals surface area contributed by atoms with E-state index in [0.29, 0.717) is 68.6 Å². The topological polar surface area (TPSA) is 113 Å². The molecule has 12 heteroatoms. The van der Waals surface area contributed by atoms with Crippen molar-refractivity contribution in [3.63, 3.8) is 0 Å². The van der Waals surface area contributed by atoms with E-state index in [4.69, 9.17) is 9.47 Å². The quantitative estimate of drug-likeness (QED) is 0.253. The second-order valence-electron chi connectivity index (χ2n) is 13.1. The molecule has 4 heterocycles. The van der Waals surface area contributed by atoms with Crippen LogP contribution in [0, 0.1) is 5.82 Å². The molecule has 2 amide bonds. The summed E-state index contributed by atoms with van der Waals surface area (Å²) < 4.78 is 28.5. The summed E-state index contributed by atoms with van der Waals surface area (Å²) in [5.41, 5.74) is 3.49. The Balaban J connectivity index is 1.25. The number of fused-ring (bicyclic) bond motifs is 1. The molecule has 0 bridgehead atoms. The number of aromatic nitrogens is 3. The minimum atomic E-state index is -0.593. The molecule has 0 radical (unpaired) electrons. The molecule has 0 spiro atoms. The summed E-state index contributed by atoms with van der Waals surface area (Å²) >= 11 is 0. The van der Waals surface area contributed by atoms with E-state index in [1.165, 1.54) is 7.11 Å². The predicted octanol–water partition coefficient (Wildman–Crippen LogP) is 5.72. The van der Waals surface area contributed by atoms with Gasteiger partial charge in [0.15, 0.2) is 5.82 Å². The van der Waals surface area contributed by atoms with Crippen LogP contribution in [0.2, 0.25) is 0 Å². The number of nitrogens with zero attached hydrogens (tertiary/aromatic N) is 5. The molecule has 252 valence electrons. The summed E-state index contributed by atoms with van der Waals surface area (Å²) in [4.78, 5) is 46.8. The zero-order valence-electron chi connectivity index (χ0n) is 27.8. The van der Waals surface area contributed by atoms with Crippen molar-refractivity contribution in [1.82, 2.24) is 24.6 Å². The smallest absolute Gasteiger partial charge is 0.410 e. The summed E-state index contributed by atoms with van der Waals surface area (Å²) in [6, 6.07) is 13.2. The molecule has 11 nitrogen and oxygen atoms in total. The second-order valence-corrected chi connectivity index (χ2v) is 13.1. The van der Waals surface area contributed by atoms with Crippen LogP contribution in [0.5, 0.6) is 0 Å². The van der Waals surface area contributed by atoms with E-state index >= 15 is 4.39 Å². The van der Waals surface area contributed by atoms with Gasteiger partial charge in [0.2, 0.25) is 5.91 Å². The molecule has 1 fully saturated rings. The van der Waals surface area contributed by atoms with Crippen LogP contribution in [0.15, 0.2) is 60.9 Å². The Bertz CT molecular complexity index is 1830. The first kappa shape index (κ1) is 32.8. The van der Waals surface area contributed by atoms with Crippen LogP contribution in [-0.2, 0) is 20.8 Å². The van der Waals surface area contributed by atoms with E-state index < -0.39 is 17.4 Å². The third-order valence-corrected chi connectivity index (χ3v) is 8.70. The maximum absolute atomic E-state index is 16.3. The highest BCUT2D eigenvalue weighted by Crippen LogP contribution is 2.37. The maximum atomic E-state index is 16.3. The summed E-state index contributed by atoms with van der Waals surface area (Å²) in [6.07, 6.45) is 6.07. The lowest BCUT2D eigenvalue weighted by Crippen LogP contribution is -2.50. The fourth-order valence-electron chi connectivity index (χ4n) is 6.23. The van der Waals surface area contributed by atoms with Gasteiger partial charge < -0.3 is 29.2 Å². The lowest BCUT2D eigenvalue weighted by Gasteiger charge is -2.36. The highest BCUT2D eigenvalue weighted by atomic mass is 19.1. The molecular formula is C36H41FN6O5. The molecule has 0 unspecified atom stereocenters. The molecule has 0 saturated carbocycles. The molecule has 1 saturated heterocycles. The Labute approximate surface area is 278 Å². The molecule has 4 aromatic rings. The first-order chi connectivity index (χ1) is 23.0. The normalized spacial score (nSPS) is 15.4. The zero-order valence-corrected chi connectivity index (χ0v) is 27.8. The van der Waals surface area contributed by atoms with Crippen LogP contribution in [0.4, 0.5) is 14.9 Å². The van der Waals surface area contributed by atoms with Crippen molar-refractivity contribution >= 4 is 40.1 Å². The molecule has 0 aliphatic carbocycles. The van der Waals surface area contributed by atoms with Crippen LogP contribution in [0.3, 0.4) is 0 Å². The van der Waals surface area contributed by atoms with Gasteiger partial charge in [-0.15, -0.1) is 0 Å². The molecule has 2 aromatic carbocycles. The van der Waals surface area contributed by atoms with E-state index in [0.717, 1.165) is 16.8 Å². The second kappa shape index (κ2) is 13.5. The number of piperazine rings is 1. The minimum absolute atomic E-state index is 0.0202. The highest BCUT2D eigenvalue weighted by Gasteiger charge is 2.27. The van der Waals surface area contributed by atoms with Gasteiger partial charge in [-0.25, -0.2) is 14.0 Å². The summed E-state index contributed by atoms with van der Waals surface area (Å²) in [7, 11) is 1.29. The van der Waals surface area contributed by atoms with E-state index in [2.05, 4.69) is 15.0 Å². The summed E-state index contributed by atoms with van der Waals surface area (Å²) in [5.74, 6) is -1.10. The number of halogens is 1. The van der Waals surface area contributed by atoms with Crippen molar-refractivity contribution in [2.75, 3.05) is 51.3 Å². The third-order valence-electron chi connectivity index (χ3n) is 8.70. The number of nitrogens with one attached hydrogen (secondary N) is 1. The number of hydrogen-bond acceptors (Lipinski definition) is 7. The first-order valence-corrected chi connectivity index (χ1v) is 16.2. The molecule has 48 heavy (non-hydrogen) atoms. The van der Waals surface area contributed by atoms with Crippen LogP contribution < -0.4 is 4.90 Å². The molecule has 2 aliphatic rings. The van der Waals surface area contributed by atoms with Gasteiger partial charge >= 0.3 is 12.1 Å². The van der Waals surface area contributed by atoms with Gasteiger partial charge in [0.25, 0.3) is 0 Å². The number of amides is 2. The number of benzene rings is 2. The van der Waals surface area contributed by atoms with Crippen molar-refractivity contribution < 1.29 is 28.2 Å². The summed E-state index contributed by atoms with van der Waals surface area (Å²) in [6.45, 7) is 9.31. The van der Waals surface area contributed by atoms with Gasteiger partial charge in [-0.3, -0.25) is 9.48 Å². The highest BCUT2D eigenvalue weighted by molar-refractivity contribution is 6.03. The monoisotopic (exact) mass is 656 g/mol. The fraction of sp³-hybridized carbons (Fsp3) is 0.389. The summed E-state index contributed by atoms with van der Waals surface area (Å²) in [5, 5.41) is 4.73. The van der Waals surface area contributed by atoms with Crippen molar-refractivity contribution in [3.8, 4) is 11.1 Å². The standard InChI is InChI=1S/C36H41FN6O5/c1-36(2,3)48-35(46)41-19-17-40(18-20-41)26-10-8-24(9-11-26)27-21-28(32(37)33-29(27)22-30(39-33)34(45)47-4)25-7-5-14-42(23-25)31(44)12-16-43-15-6-13-38-43/h6-11,13,15,21-22,39H,5,12,14,16-20,23H2,1-4H3. The number of rotatable bonds is 7. The average Bonchev–Trinajstić information content (AvgIpc) is 3.78. The van der Waals surface area contributed by atoms with Crippen LogP contribution in [-0.4, -0.2) is 94.5 Å². The Kier molecular flexibility index (Phi) is 9.25. The van der Waals surface area contributed by atoms with E-state index in [1.54, 1.807) is 26.7 Å². The van der Waals surface area contributed by atoms with Crippen molar-refractivity contribution in [2.24, 2.45) is 0 Å². The van der Waals surface area contributed by atoms with Crippen molar-refractivity contribution in [2.45, 2.75) is 45.8 Å². The van der Waals surface area contributed by atoms with Crippen LogP contribution in [0.1, 0.15) is 49.7 Å². The van der Waals surface area contributed by atoms with Gasteiger partial charge in [0.1, 0.15) is 11.3 Å². The molecule has 0 atom stereocenters. The Hall–Kier alpha value is -5.13. The lowest BCUT2D eigenvalue weighted by molar-refractivity contribution is -0.131. The number of esters is 1. The van der Waals surface area contributed by atoms with Gasteiger partial charge in [0.05, 0.1) is 12.6 Å². The van der Waals surface area contributed by atoms with Gasteiger partial charge in [-0.05, 0) is 74.2 Å². The van der Waals surface area contributed by atoms with Crippen molar-refractivity contribution in [3.05, 3.63) is 78.0 Å². The Morgan fingerprint density at radius 3 is 2.40 bits per heavy atom.